The minimum absolute atomic E-state index is 0.0234. The van der Waals surface area contributed by atoms with Crippen molar-refractivity contribution in [3.63, 3.8) is 0 Å². The highest BCUT2D eigenvalue weighted by Crippen LogP contribution is 2.36. The Kier molecular flexibility index (Phi) is 5.78. The van der Waals surface area contributed by atoms with E-state index in [1.54, 1.807) is 0 Å². The Morgan fingerprint density at radius 3 is 2.81 bits per heavy atom. The zero-order valence-electron chi connectivity index (χ0n) is 17.3. The number of aryl methyl sites for hydroxylation is 1. The van der Waals surface area contributed by atoms with Gasteiger partial charge in [0.05, 0.1) is 6.54 Å². The average molecular weight is 371 g/mol. The highest BCUT2D eigenvalue weighted by atomic mass is 16.1. The van der Waals surface area contributed by atoms with Crippen molar-refractivity contribution in [2.45, 2.75) is 52.4 Å². The number of rotatable bonds is 4. The van der Waals surface area contributed by atoms with Crippen molar-refractivity contribution in [3.05, 3.63) is 35.4 Å². The summed E-state index contributed by atoms with van der Waals surface area (Å²) in [5.41, 5.74) is 2.72. The molecule has 1 unspecified atom stereocenters. The fraction of sp³-hybridized carbons (Fsp3) is 0.636. The second-order valence-corrected chi connectivity index (χ2v) is 8.85. The fourth-order valence-electron chi connectivity index (χ4n) is 4.54. The van der Waals surface area contributed by atoms with Crippen molar-refractivity contribution in [2.75, 3.05) is 32.7 Å². The second kappa shape index (κ2) is 7.91. The molecule has 5 heteroatoms. The van der Waals surface area contributed by atoms with Gasteiger partial charge in [0.15, 0.2) is 5.96 Å². The molecule has 1 amide bonds. The smallest absolute Gasteiger partial charge is 0.220 e. The number of guanidine groups is 1. The summed E-state index contributed by atoms with van der Waals surface area (Å²) >= 11 is 0. The molecule has 148 valence electrons. The summed E-state index contributed by atoms with van der Waals surface area (Å²) in [5.74, 6) is 1.18. The van der Waals surface area contributed by atoms with Gasteiger partial charge in [0.1, 0.15) is 0 Å². The van der Waals surface area contributed by atoms with Crippen molar-refractivity contribution in [1.29, 1.82) is 0 Å². The van der Waals surface area contributed by atoms with Crippen molar-refractivity contribution in [2.24, 2.45) is 10.4 Å². The molecule has 0 aliphatic carbocycles. The van der Waals surface area contributed by atoms with Crippen LogP contribution in [0.25, 0.3) is 0 Å². The maximum Gasteiger partial charge on any atom is 0.220 e. The predicted molar refractivity (Wildman–Crippen MR) is 111 cm³/mol. The van der Waals surface area contributed by atoms with E-state index in [0.717, 1.165) is 51.5 Å². The van der Waals surface area contributed by atoms with Gasteiger partial charge in [0.25, 0.3) is 0 Å². The largest absolute Gasteiger partial charge is 0.357 e. The van der Waals surface area contributed by atoms with Gasteiger partial charge in [0.2, 0.25) is 5.91 Å². The van der Waals surface area contributed by atoms with Crippen molar-refractivity contribution < 1.29 is 4.79 Å². The lowest BCUT2D eigenvalue weighted by atomic mass is 9.79. The van der Waals surface area contributed by atoms with Crippen LogP contribution < -0.4 is 10.6 Å². The van der Waals surface area contributed by atoms with Gasteiger partial charge in [0, 0.05) is 43.4 Å². The number of aliphatic imine (C=N–C) groups is 1. The molecule has 2 fully saturated rings. The van der Waals surface area contributed by atoms with Crippen LogP contribution in [0.5, 0.6) is 0 Å². The summed E-state index contributed by atoms with van der Waals surface area (Å²) in [5, 5.41) is 6.51. The number of carbonyl (C=O) groups is 1. The Morgan fingerprint density at radius 2 is 2.15 bits per heavy atom. The highest BCUT2D eigenvalue weighted by Gasteiger charge is 2.42. The van der Waals surface area contributed by atoms with E-state index >= 15 is 0 Å². The summed E-state index contributed by atoms with van der Waals surface area (Å²) < 4.78 is 0. The minimum Gasteiger partial charge on any atom is -0.357 e. The Labute approximate surface area is 163 Å². The third-order valence-electron chi connectivity index (χ3n) is 5.99. The number of hydrogen-bond acceptors (Lipinski definition) is 2. The predicted octanol–water partition coefficient (Wildman–Crippen LogP) is 2.84. The minimum atomic E-state index is -0.0234. The molecule has 1 aromatic carbocycles. The molecule has 5 nitrogen and oxygen atoms in total. The van der Waals surface area contributed by atoms with E-state index < -0.39 is 0 Å². The maximum absolute atomic E-state index is 11.8. The number of likely N-dealkylation sites (tertiary alicyclic amines) is 1. The molecule has 0 saturated carbocycles. The highest BCUT2D eigenvalue weighted by molar-refractivity contribution is 5.81. The Hall–Kier alpha value is -2.04. The first-order valence-electron chi connectivity index (χ1n) is 10.2. The zero-order valence-corrected chi connectivity index (χ0v) is 17.3. The third-order valence-corrected chi connectivity index (χ3v) is 5.99. The van der Waals surface area contributed by atoms with Gasteiger partial charge in [-0.15, -0.1) is 0 Å². The molecule has 0 bridgehead atoms. The molecule has 1 aromatic rings. The van der Waals surface area contributed by atoms with Crippen LogP contribution in [0, 0.1) is 12.3 Å². The zero-order chi connectivity index (χ0) is 19.5. The third kappa shape index (κ3) is 4.45. The molecular weight excluding hydrogens is 336 g/mol. The van der Waals surface area contributed by atoms with Gasteiger partial charge in [-0.25, -0.2) is 0 Å². The molecule has 2 aliphatic heterocycles. The molecule has 1 spiro atoms. The molecule has 27 heavy (non-hydrogen) atoms. The summed E-state index contributed by atoms with van der Waals surface area (Å²) in [7, 11) is 0. The Bertz CT molecular complexity index is 712. The van der Waals surface area contributed by atoms with Crippen LogP contribution in [0.1, 0.15) is 51.2 Å². The summed E-state index contributed by atoms with van der Waals surface area (Å²) in [4.78, 5) is 19.2. The van der Waals surface area contributed by atoms with Crippen molar-refractivity contribution in [1.82, 2.24) is 15.5 Å². The van der Waals surface area contributed by atoms with Gasteiger partial charge < -0.3 is 15.5 Å². The Balaban J connectivity index is 1.76. The molecular formula is C22H34N4O. The lowest BCUT2D eigenvalue weighted by molar-refractivity contribution is -0.119. The van der Waals surface area contributed by atoms with Crippen LogP contribution in [-0.2, 0) is 10.2 Å². The van der Waals surface area contributed by atoms with E-state index in [0.29, 0.717) is 6.42 Å². The van der Waals surface area contributed by atoms with Gasteiger partial charge >= 0.3 is 0 Å². The molecule has 0 radical (unpaired) electrons. The normalized spacial score (nSPS) is 23.6. The van der Waals surface area contributed by atoms with Crippen LogP contribution in [0.2, 0.25) is 0 Å². The lowest BCUT2D eigenvalue weighted by Gasteiger charge is -2.41. The van der Waals surface area contributed by atoms with E-state index in [2.05, 4.69) is 67.5 Å². The van der Waals surface area contributed by atoms with Crippen LogP contribution in [0.3, 0.4) is 0 Å². The molecule has 2 heterocycles. The summed E-state index contributed by atoms with van der Waals surface area (Å²) in [6, 6.07) is 8.58. The lowest BCUT2D eigenvalue weighted by Crippen LogP contribution is -2.51. The number of piperidine rings is 1. The van der Waals surface area contributed by atoms with Crippen molar-refractivity contribution in [3.8, 4) is 0 Å². The first-order valence-corrected chi connectivity index (χ1v) is 10.2. The van der Waals surface area contributed by atoms with Crippen LogP contribution >= 0.6 is 0 Å². The number of nitrogens with zero attached hydrogens (tertiary/aromatic N) is 2. The SMILES string of the molecule is CCNC(=NCC(C)(C)c1ccccc1C)N1CCCC2(CNC(=O)C2)C1. The van der Waals surface area contributed by atoms with Gasteiger partial charge in [-0.3, -0.25) is 9.79 Å². The molecule has 2 aliphatic rings. The summed E-state index contributed by atoms with van der Waals surface area (Å²) in [6.45, 7) is 13.1. The quantitative estimate of drug-likeness (QED) is 0.633. The number of hydrogen-bond donors (Lipinski definition) is 2. The first-order chi connectivity index (χ1) is 12.9. The van der Waals surface area contributed by atoms with E-state index in [9.17, 15) is 4.79 Å². The molecule has 0 aromatic heterocycles. The van der Waals surface area contributed by atoms with E-state index in [-0.39, 0.29) is 16.7 Å². The van der Waals surface area contributed by atoms with Gasteiger partial charge in [-0.2, -0.15) is 0 Å². The topological polar surface area (TPSA) is 56.7 Å². The summed E-state index contributed by atoms with van der Waals surface area (Å²) in [6.07, 6.45) is 2.88. The fourth-order valence-corrected chi connectivity index (χ4v) is 4.54. The molecule has 1 atom stereocenters. The number of carbonyl (C=O) groups excluding carboxylic acids is 1. The van der Waals surface area contributed by atoms with Gasteiger partial charge in [-0.05, 0) is 37.8 Å². The number of nitrogens with one attached hydrogen (secondary N) is 2. The van der Waals surface area contributed by atoms with Crippen LogP contribution in [0.4, 0.5) is 0 Å². The monoisotopic (exact) mass is 370 g/mol. The molecule has 2 N–H and O–H groups in total. The van der Waals surface area contributed by atoms with Gasteiger partial charge in [-0.1, -0.05) is 38.1 Å². The first kappa shape index (κ1) is 19.7. The maximum atomic E-state index is 11.8. The molecule has 2 saturated heterocycles. The molecule has 3 rings (SSSR count). The van der Waals surface area contributed by atoms with E-state index in [4.69, 9.17) is 4.99 Å². The standard InChI is InChI=1S/C22H34N4O/c1-5-23-20(25-14-21(3,4)18-10-7-6-9-17(18)2)26-12-8-11-22(16-26)13-19(27)24-15-22/h6-7,9-10H,5,8,11-16H2,1-4H3,(H,23,25)(H,24,27). The number of benzene rings is 1. The van der Waals surface area contributed by atoms with E-state index in [1.165, 1.54) is 11.1 Å². The number of amides is 1. The average Bonchev–Trinajstić information content (AvgIpc) is 2.98. The second-order valence-electron chi connectivity index (χ2n) is 8.85. The Morgan fingerprint density at radius 1 is 1.37 bits per heavy atom. The van der Waals surface area contributed by atoms with Crippen LogP contribution in [-0.4, -0.2) is 49.5 Å². The van der Waals surface area contributed by atoms with E-state index in [1.807, 2.05) is 0 Å². The van der Waals surface area contributed by atoms with Crippen molar-refractivity contribution >= 4 is 11.9 Å². The van der Waals surface area contributed by atoms with Crippen LogP contribution in [0.15, 0.2) is 29.3 Å².